The molecule has 0 unspecified atom stereocenters. The standard InChI is InChI=1S/C30H27N3O8S/c1-6-40-29(35)26-17(3)31-30-32(27(26)21-11-9-19(38-4)14-24(21)39-5)28(34)25(42-30)15-20-10-12-23(41-20)18-8-7-16(2)22(13-18)33(36)37/h7-15,27H,6H2,1-5H3/b25-15-/t27-/m1/s1. The molecule has 0 N–H and O–H groups in total. The number of benzene rings is 2. The number of aryl methyl sites for hydroxylation is 1. The third-order valence-corrected chi connectivity index (χ3v) is 7.83. The first kappa shape index (κ1) is 28.6. The van der Waals surface area contributed by atoms with Crippen molar-refractivity contribution in [3.8, 4) is 22.8 Å². The van der Waals surface area contributed by atoms with Crippen LogP contribution in [0.1, 0.15) is 36.8 Å². The lowest BCUT2D eigenvalue weighted by molar-refractivity contribution is -0.385. The molecule has 0 fully saturated rings. The summed E-state index contributed by atoms with van der Waals surface area (Å²) in [6, 6.07) is 12.5. The third kappa shape index (κ3) is 5.12. The van der Waals surface area contributed by atoms with Gasteiger partial charge in [0.05, 0.1) is 41.6 Å². The number of thiazole rings is 1. The summed E-state index contributed by atoms with van der Waals surface area (Å²) in [5.41, 5.74) is 1.88. The monoisotopic (exact) mass is 589 g/mol. The summed E-state index contributed by atoms with van der Waals surface area (Å²) in [5.74, 6) is 1.18. The second kappa shape index (κ2) is 11.5. The number of nitrogens with zero attached hydrogens (tertiary/aromatic N) is 3. The molecule has 2 aromatic heterocycles. The van der Waals surface area contributed by atoms with Crippen LogP contribution in [0.5, 0.6) is 11.5 Å². The van der Waals surface area contributed by atoms with Gasteiger partial charge in [-0.25, -0.2) is 9.79 Å². The average molecular weight is 590 g/mol. The zero-order valence-corrected chi connectivity index (χ0v) is 24.3. The molecule has 4 aromatic rings. The number of hydrogen-bond acceptors (Lipinski definition) is 10. The molecule has 5 rings (SSSR count). The van der Waals surface area contributed by atoms with Gasteiger partial charge in [-0.1, -0.05) is 23.5 Å². The number of nitro benzene ring substituents is 1. The van der Waals surface area contributed by atoms with Gasteiger partial charge >= 0.3 is 5.97 Å². The first-order chi connectivity index (χ1) is 20.2. The zero-order valence-electron chi connectivity index (χ0n) is 23.5. The number of rotatable bonds is 8. The topological polar surface area (TPSA) is 135 Å². The Morgan fingerprint density at radius 3 is 2.62 bits per heavy atom. The molecule has 1 atom stereocenters. The van der Waals surface area contributed by atoms with Crippen molar-refractivity contribution in [2.45, 2.75) is 26.8 Å². The van der Waals surface area contributed by atoms with Crippen LogP contribution < -0.4 is 24.4 Å². The number of hydrogen-bond donors (Lipinski definition) is 0. The molecule has 216 valence electrons. The molecule has 0 spiro atoms. The second-order valence-corrected chi connectivity index (χ2v) is 10.4. The van der Waals surface area contributed by atoms with Gasteiger partial charge in [0.1, 0.15) is 29.1 Å². The number of nitro groups is 1. The summed E-state index contributed by atoms with van der Waals surface area (Å²) >= 11 is 1.15. The minimum atomic E-state index is -0.872. The van der Waals surface area contributed by atoms with Crippen molar-refractivity contribution in [1.82, 2.24) is 4.57 Å². The van der Waals surface area contributed by atoms with Gasteiger partial charge in [0.15, 0.2) is 4.80 Å². The maximum absolute atomic E-state index is 13.9. The number of fused-ring (bicyclic) bond motifs is 1. The molecular weight excluding hydrogens is 562 g/mol. The smallest absolute Gasteiger partial charge is 0.338 e. The fraction of sp³-hybridized carbons (Fsp3) is 0.233. The van der Waals surface area contributed by atoms with E-state index in [0.29, 0.717) is 54.7 Å². The fourth-order valence-corrected chi connectivity index (χ4v) is 5.83. The molecule has 2 aromatic carbocycles. The van der Waals surface area contributed by atoms with Gasteiger partial charge in [0.25, 0.3) is 11.2 Å². The Kier molecular flexibility index (Phi) is 7.81. The normalized spacial score (nSPS) is 14.8. The molecule has 0 saturated heterocycles. The summed E-state index contributed by atoms with van der Waals surface area (Å²) in [5, 5.41) is 11.4. The van der Waals surface area contributed by atoms with Gasteiger partial charge in [-0.15, -0.1) is 0 Å². The molecule has 0 saturated carbocycles. The zero-order chi connectivity index (χ0) is 30.1. The van der Waals surface area contributed by atoms with Crippen LogP contribution in [-0.2, 0) is 9.53 Å². The van der Waals surface area contributed by atoms with Gasteiger partial charge in [0, 0.05) is 34.9 Å². The lowest BCUT2D eigenvalue weighted by Gasteiger charge is -2.26. The lowest BCUT2D eigenvalue weighted by atomic mass is 9.95. The third-order valence-electron chi connectivity index (χ3n) is 6.84. The Balaban J connectivity index is 1.65. The molecule has 42 heavy (non-hydrogen) atoms. The van der Waals surface area contributed by atoms with E-state index < -0.39 is 16.9 Å². The summed E-state index contributed by atoms with van der Waals surface area (Å²) in [6.45, 7) is 5.22. The Bertz CT molecular complexity index is 1930. The molecule has 12 heteroatoms. The van der Waals surface area contributed by atoms with Crippen LogP contribution in [-0.4, -0.2) is 36.3 Å². The van der Waals surface area contributed by atoms with Crippen LogP contribution in [0.25, 0.3) is 17.4 Å². The minimum Gasteiger partial charge on any atom is -0.497 e. The van der Waals surface area contributed by atoms with E-state index in [1.165, 1.54) is 24.9 Å². The number of methoxy groups -OCH3 is 2. The van der Waals surface area contributed by atoms with Gasteiger partial charge in [-0.3, -0.25) is 19.5 Å². The molecule has 1 aliphatic heterocycles. The van der Waals surface area contributed by atoms with Crippen LogP contribution in [0.15, 0.2) is 74.0 Å². The number of aromatic nitrogens is 1. The maximum atomic E-state index is 13.9. The highest BCUT2D eigenvalue weighted by Gasteiger charge is 2.35. The highest BCUT2D eigenvalue weighted by atomic mass is 32.1. The summed E-state index contributed by atoms with van der Waals surface area (Å²) in [7, 11) is 3.03. The Hall–Kier alpha value is -4.97. The summed E-state index contributed by atoms with van der Waals surface area (Å²) in [4.78, 5) is 43.0. The lowest BCUT2D eigenvalue weighted by Crippen LogP contribution is -2.40. The molecule has 11 nitrogen and oxygen atoms in total. The van der Waals surface area contributed by atoms with Crippen molar-refractivity contribution in [3.63, 3.8) is 0 Å². The van der Waals surface area contributed by atoms with Crippen LogP contribution in [0, 0.1) is 17.0 Å². The predicted octanol–water partition coefficient (Wildman–Crippen LogP) is 4.29. The summed E-state index contributed by atoms with van der Waals surface area (Å²) < 4.78 is 24.1. The van der Waals surface area contributed by atoms with Gasteiger partial charge in [0.2, 0.25) is 0 Å². The van der Waals surface area contributed by atoms with E-state index >= 15 is 0 Å². The SMILES string of the molecule is CCOC(=O)C1=C(C)N=c2s/c(=C\c3ccc(-c4ccc(C)c([N+](=O)[O-])c4)o3)c(=O)n2[C@@H]1c1ccc(OC)cc1OC. The largest absolute Gasteiger partial charge is 0.497 e. The van der Waals surface area contributed by atoms with E-state index in [4.69, 9.17) is 18.6 Å². The number of carbonyl (C=O) groups is 1. The number of allylic oxidation sites excluding steroid dienone is 1. The van der Waals surface area contributed by atoms with Crippen molar-refractivity contribution in [2.75, 3.05) is 20.8 Å². The predicted molar refractivity (Wildman–Crippen MR) is 155 cm³/mol. The first-order valence-electron chi connectivity index (χ1n) is 12.9. The van der Waals surface area contributed by atoms with Crippen molar-refractivity contribution in [1.29, 1.82) is 0 Å². The van der Waals surface area contributed by atoms with E-state index in [0.717, 1.165) is 11.3 Å². The number of furan rings is 1. The maximum Gasteiger partial charge on any atom is 0.338 e. The van der Waals surface area contributed by atoms with Crippen molar-refractivity contribution in [2.24, 2.45) is 4.99 Å². The molecule has 0 aliphatic carbocycles. The van der Waals surface area contributed by atoms with E-state index in [1.54, 1.807) is 69.3 Å². The number of esters is 1. The van der Waals surface area contributed by atoms with E-state index in [-0.39, 0.29) is 23.4 Å². The van der Waals surface area contributed by atoms with Crippen LogP contribution in [0.2, 0.25) is 0 Å². The van der Waals surface area contributed by atoms with Gasteiger partial charge in [-0.2, -0.15) is 0 Å². The average Bonchev–Trinajstić information content (AvgIpc) is 3.56. The summed E-state index contributed by atoms with van der Waals surface area (Å²) in [6.07, 6.45) is 1.58. The van der Waals surface area contributed by atoms with Gasteiger partial charge < -0.3 is 18.6 Å². The van der Waals surface area contributed by atoms with Crippen LogP contribution >= 0.6 is 11.3 Å². The van der Waals surface area contributed by atoms with E-state index in [2.05, 4.69) is 4.99 Å². The molecular formula is C30H27N3O8S. The van der Waals surface area contributed by atoms with Crippen LogP contribution in [0.4, 0.5) is 5.69 Å². The highest BCUT2D eigenvalue weighted by Crippen LogP contribution is 2.37. The van der Waals surface area contributed by atoms with E-state index in [9.17, 15) is 19.7 Å². The highest BCUT2D eigenvalue weighted by molar-refractivity contribution is 7.07. The first-order valence-corrected chi connectivity index (χ1v) is 13.7. The minimum absolute atomic E-state index is 0.0134. The van der Waals surface area contributed by atoms with Crippen molar-refractivity contribution in [3.05, 3.63) is 106 Å². The fourth-order valence-electron chi connectivity index (χ4n) is 4.80. The Morgan fingerprint density at radius 1 is 1.14 bits per heavy atom. The Labute approximate surface area is 243 Å². The number of carbonyl (C=O) groups excluding carboxylic acids is 1. The number of ether oxygens (including phenoxy) is 3. The molecule has 0 radical (unpaired) electrons. The molecule has 0 bridgehead atoms. The van der Waals surface area contributed by atoms with Crippen molar-refractivity contribution >= 4 is 29.1 Å². The Morgan fingerprint density at radius 2 is 1.93 bits per heavy atom. The molecule has 1 aliphatic rings. The van der Waals surface area contributed by atoms with Gasteiger partial charge in [-0.05, 0) is 45.0 Å². The van der Waals surface area contributed by atoms with Crippen LogP contribution in [0.3, 0.4) is 0 Å². The molecule has 0 amide bonds. The second-order valence-electron chi connectivity index (χ2n) is 9.37. The quantitative estimate of drug-likeness (QED) is 0.169. The van der Waals surface area contributed by atoms with E-state index in [1.807, 2.05) is 0 Å². The molecule has 3 heterocycles. The van der Waals surface area contributed by atoms with Crippen molar-refractivity contribution < 1.29 is 28.3 Å².